The lowest BCUT2D eigenvalue weighted by molar-refractivity contribution is 0.380. The third-order valence-corrected chi connectivity index (χ3v) is 6.33. The Morgan fingerprint density at radius 3 is 2.34 bits per heavy atom. The highest BCUT2D eigenvalue weighted by atomic mass is 32.2. The molecule has 0 aliphatic rings. The van der Waals surface area contributed by atoms with E-state index in [1.807, 2.05) is 13.8 Å². The van der Waals surface area contributed by atoms with E-state index in [1.165, 1.54) is 18.4 Å². The summed E-state index contributed by atoms with van der Waals surface area (Å²) in [6.45, 7) is 7.86. The van der Waals surface area contributed by atoms with Crippen LogP contribution < -0.4 is 10.6 Å². The van der Waals surface area contributed by atoms with Gasteiger partial charge < -0.3 is 15.2 Å². The van der Waals surface area contributed by atoms with Crippen molar-refractivity contribution < 1.29 is 12.9 Å². The first-order chi connectivity index (χ1) is 13.8. The van der Waals surface area contributed by atoms with Gasteiger partial charge in [-0.2, -0.15) is 0 Å². The van der Waals surface area contributed by atoms with E-state index in [-0.39, 0.29) is 4.90 Å². The lowest BCUT2D eigenvalue weighted by Crippen LogP contribution is -2.37. The molecule has 2 aromatic rings. The SMILES string of the molecule is CCNC(=NCc1ccc(S(=O)(=O)N(C)C)cc1)NCc1c(CC)noc1CC. The molecule has 0 unspecified atom stereocenters. The second kappa shape index (κ2) is 10.4. The first-order valence-corrected chi connectivity index (χ1v) is 11.3. The molecule has 0 aliphatic carbocycles. The highest BCUT2D eigenvalue weighted by molar-refractivity contribution is 7.89. The summed E-state index contributed by atoms with van der Waals surface area (Å²) in [4.78, 5) is 4.87. The average molecular weight is 422 g/mol. The fourth-order valence-corrected chi connectivity index (χ4v) is 3.70. The van der Waals surface area contributed by atoms with Gasteiger partial charge in [-0.05, 0) is 31.0 Å². The zero-order valence-electron chi connectivity index (χ0n) is 17.8. The zero-order valence-corrected chi connectivity index (χ0v) is 18.6. The highest BCUT2D eigenvalue weighted by Crippen LogP contribution is 2.16. The topological polar surface area (TPSA) is 99.8 Å². The van der Waals surface area contributed by atoms with Crippen molar-refractivity contribution in [1.82, 2.24) is 20.1 Å². The maximum Gasteiger partial charge on any atom is 0.242 e. The number of rotatable bonds is 9. The smallest absolute Gasteiger partial charge is 0.242 e. The largest absolute Gasteiger partial charge is 0.361 e. The molecule has 0 spiro atoms. The zero-order chi connectivity index (χ0) is 21.4. The number of benzene rings is 1. The van der Waals surface area contributed by atoms with Crippen molar-refractivity contribution in [3.05, 3.63) is 46.8 Å². The first-order valence-electron chi connectivity index (χ1n) is 9.83. The van der Waals surface area contributed by atoms with Crippen LogP contribution in [0.25, 0.3) is 0 Å². The lowest BCUT2D eigenvalue weighted by Gasteiger charge is -2.12. The molecular formula is C20H31N5O3S. The predicted molar refractivity (Wildman–Crippen MR) is 114 cm³/mol. The maximum absolute atomic E-state index is 12.2. The minimum Gasteiger partial charge on any atom is -0.361 e. The van der Waals surface area contributed by atoms with Gasteiger partial charge in [-0.1, -0.05) is 31.1 Å². The Labute approximate surface area is 173 Å². The van der Waals surface area contributed by atoms with E-state index < -0.39 is 10.0 Å². The number of aromatic nitrogens is 1. The summed E-state index contributed by atoms with van der Waals surface area (Å²) >= 11 is 0. The third kappa shape index (κ3) is 5.80. The fraction of sp³-hybridized carbons (Fsp3) is 0.500. The summed E-state index contributed by atoms with van der Waals surface area (Å²) in [6, 6.07) is 6.79. The molecule has 0 atom stereocenters. The Balaban J connectivity index is 2.09. The van der Waals surface area contributed by atoms with Gasteiger partial charge in [-0.3, -0.25) is 0 Å². The number of hydrogen-bond donors (Lipinski definition) is 2. The number of sulfonamides is 1. The van der Waals surface area contributed by atoms with Crippen molar-refractivity contribution in [2.45, 2.75) is 51.6 Å². The molecule has 0 amide bonds. The van der Waals surface area contributed by atoms with Gasteiger partial charge in [0.1, 0.15) is 5.76 Å². The molecule has 2 N–H and O–H groups in total. The van der Waals surface area contributed by atoms with Crippen molar-refractivity contribution in [1.29, 1.82) is 0 Å². The van der Waals surface area contributed by atoms with Crippen LogP contribution in [0.1, 0.15) is 43.4 Å². The fourth-order valence-electron chi connectivity index (χ4n) is 2.80. The van der Waals surface area contributed by atoms with Gasteiger partial charge in [-0.25, -0.2) is 17.7 Å². The van der Waals surface area contributed by atoms with Gasteiger partial charge in [0.2, 0.25) is 10.0 Å². The van der Waals surface area contributed by atoms with Crippen LogP contribution in [0.2, 0.25) is 0 Å². The van der Waals surface area contributed by atoms with Gasteiger partial charge >= 0.3 is 0 Å². The summed E-state index contributed by atoms with van der Waals surface area (Å²) in [7, 11) is -0.384. The summed E-state index contributed by atoms with van der Waals surface area (Å²) in [6.07, 6.45) is 1.61. The molecule has 0 bridgehead atoms. The monoisotopic (exact) mass is 421 g/mol. The Morgan fingerprint density at radius 1 is 1.10 bits per heavy atom. The van der Waals surface area contributed by atoms with E-state index in [0.29, 0.717) is 19.0 Å². The second-order valence-corrected chi connectivity index (χ2v) is 8.87. The Kier molecular flexibility index (Phi) is 8.21. The molecule has 9 heteroatoms. The number of aliphatic imine (C=N–C) groups is 1. The van der Waals surface area contributed by atoms with E-state index in [0.717, 1.165) is 42.0 Å². The summed E-state index contributed by atoms with van der Waals surface area (Å²) in [5.41, 5.74) is 2.97. The molecule has 1 heterocycles. The van der Waals surface area contributed by atoms with E-state index in [2.05, 4.69) is 27.7 Å². The molecular weight excluding hydrogens is 390 g/mol. The molecule has 1 aromatic heterocycles. The van der Waals surface area contributed by atoms with Crippen LogP contribution >= 0.6 is 0 Å². The number of aryl methyl sites for hydroxylation is 2. The van der Waals surface area contributed by atoms with Gasteiger partial charge in [0, 0.05) is 39.2 Å². The third-order valence-electron chi connectivity index (χ3n) is 4.51. The number of guanidine groups is 1. The molecule has 0 aliphatic heterocycles. The van der Waals surface area contributed by atoms with Crippen LogP contribution in [0, 0.1) is 0 Å². The Bertz CT molecular complexity index is 897. The minimum absolute atomic E-state index is 0.270. The van der Waals surface area contributed by atoms with E-state index in [9.17, 15) is 8.42 Å². The molecule has 2 rings (SSSR count). The summed E-state index contributed by atoms with van der Waals surface area (Å²) in [5.74, 6) is 1.57. The molecule has 160 valence electrons. The van der Waals surface area contributed by atoms with E-state index >= 15 is 0 Å². The van der Waals surface area contributed by atoms with Crippen LogP contribution in [0.4, 0.5) is 0 Å². The van der Waals surface area contributed by atoms with Crippen LogP contribution in [0.15, 0.2) is 38.7 Å². The van der Waals surface area contributed by atoms with Crippen LogP contribution in [-0.4, -0.2) is 44.5 Å². The van der Waals surface area contributed by atoms with Gasteiger partial charge in [-0.15, -0.1) is 0 Å². The Hall–Kier alpha value is -2.39. The minimum atomic E-state index is -3.42. The molecule has 0 saturated carbocycles. The Morgan fingerprint density at radius 2 is 1.79 bits per heavy atom. The predicted octanol–water partition coefficient (Wildman–Crippen LogP) is 2.30. The summed E-state index contributed by atoms with van der Waals surface area (Å²) in [5, 5.41) is 10.7. The maximum atomic E-state index is 12.2. The second-order valence-electron chi connectivity index (χ2n) is 6.72. The van der Waals surface area contributed by atoms with Crippen LogP contribution in [-0.2, 0) is 36.0 Å². The van der Waals surface area contributed by atoms with E-state index in [4.69, 9.17) is 4.52 Å². The van der Waals surface area contributed by atoms with Crippen LogP contribution in [0.5, 0.6) is 0 Å². The summed E-state index contributed by atoms with van der Waals surface area (Å²) < 4.78 is 30.9. The average Bonchev–Trinajstić information content (AvgIpc) is 3.12. The van der Waals surface area contributed by atoms with Gasteiger partial charge in [0.25, 0.3) is 0 Å². The van der Waals surface area contributed by atoms with Crippen LogP contribution in [0.3, 0.4) is 0 Å². The molecule has 0 radical (unpaired) electrons. The van der Waals surface area contributed by atoms with Crippen molar-refractivity contribution in [2.75, 3.05) is 20.6 Å². The van der Waals surface area contributed by atoms with E-state index in [1.54, 1.807) is 24.3 Å². The number of hydrogen-bond acceptors (Lipinski definition) is 5. The van der Waals surface area contributed by atoms with Crippen molar-refractivity contribution in [3.63, 3.8) is 0 Å². The van der Waals surface area contributed by atoms with Gasteiger partial charge in [0.05, 0.1) is 17.1 Å². The standard InChI is InChI=1S/C20H31N5O3S/c1-6-18-17(19(7-2)28-24-18)14-23-20(21-8-3)22-13-15-9-11-16(12-10-15)29(26,27)25(4)5/h9-12H,6-8,13-14H2,1-5H3,(H2,21,22,23). The number of nitrogens with one attached hydrogen (secondary N) is 2. The highest BCUT2D eigenvalue weighted by Gasteiger charge is 2.16. The normalized spacial score (nSPS) is 12.4. The molecule has 29 heavy (non-hydrogen) atoms. The molecule has 8 nitrogen and oxygen atoms in total. The molecule has 0 fully saturated rings. The van der Waals surface area contributed by atoms with Gasteiger partial charge in [0.15, 0.2) is 5.96 Å². The van der Waals surface area contributed by atoms with Crippen molar-refractivity contribution in [2.24, 2.45) is 4.99 Å². The quantitative estimate of drug-likeness (QED) is 0.476. The van der Waals surface area contributed by atoms with Crippen molar-refractivity contribution in [3.8, 4) is 0 Å². The number of nitrogens with zero attached hydrogens (tertiary/aromatic N) is 3. The van der Waals surface area contributed by atoms with Crippen molar-refractivity contribution >= 4 is 16.0 Å². The lowest BCUT2D eigenvalue weighted by atomic mass is 10.1. The first kappa shape index (κ1) is 22.9. The molecule has 1 aromatic carbocycles. The molecule has 0 saturated heterocycles.